The maximum Gasteiger partial charge on any atom is 0.0292 e. The van der Waals surface area contributed by atoms with Crippen LogP contribution >= 0.6 is 0 Å². The van der Waals surface area contributed by atoms with Crippen LogP contribution in [0, 0.1) is 0 Å². The van der Waals surface area contributed by atoms with Crippen LogP contribution < -0.4 is 0 Å². The lowest BCUT2D eigenvalue weighted by Crippen LogP contribution is -1.82. The van der Waals surface area contributed by atoms with E-state index < -0.39 is 0 Å². The van der Waals surface area contributed by atoms with Gasteiger partial charge in [0.05, 0.1) is 0 Å². The van der Waals surface area contributed by atoms with Gasteiger partial charge in [-0.1, -0.05) is 71.9 Å². The van der Waals surface area contributed by atoms with Crippen molar-refractivity contribution in [3.05, 3.63) is 76.7 Å². The van der Waals surface area contributed by atoms with Gasteiger partial charge in [0.2, 0.25) is 0 Å². The zero-order chi connectivity index (χ0) is 13.3. The van der Waals surface area contributed by atoms with Gasteiger partial charge in [-0.2, -0.15) is 0 Å². The molecule has 0 N–H and O–H groups in total. The Morgan fingerprint density at radius 3 is 2.53 bits per heavy atom. The van der Waals surface area contributed by atoms with Crippen molar-refractivity contribution in [3.8, 4) is 11.1 Å². The minimum atomic E-state index is 0.500. The average molecular weight is 249 g/mol. The monoisotopic (exact) mass is 249 g/mol. The fourth-order valence-corrected chi connectivity index (χ4v) is 1.91. The van der Waals surface area contributed by atoms with Crippen LogP contribution in [0.25, 0.3) is 27.6 Å². The van der Waals surface area contributed by atoms with Gasteiger partial charge >= 0.3 is 0 Å². The molecule has 2 aromatic carbocycles. The molecule has 3 heteroatoms. The van der Waals surface area contributed by atoms with Gasteiger partial charge in [-0.15, -0.1) is 0 Å². The van der Waals surface area contributed by atoms with Crippen molar-refractivity contribution in [3.63, 3.8) is 0 Å². The summed E-state index contributed by atoms with van der Waals surface area (Å²) >= 11 is 0. The molecule has 0 saturated heterocycles. The molecule has 0 aromatic heterocycles. The lowest BCUT2D eigenvalue weighted by atomic mass is 9.99. The summed E-state index contributed by atoms with van der Waals surface area (Å²) < 4.78 is 0. The standard InChI is InChI=1S/C16H15N3/c17-19-18-13-7-6-11-15-10-4-5-12-16(15)14-8-2-1-3-9-14/h1-6,8-12H,7,13H2. The number of hydrogen-bond donors (Lipinski definition) is 0. The van der Waals surface area contributed by atoms with E-state index in [9.17, 15) is 0 Å². The average Bonchev–Trinajstić information content (AvgIpc) is 2.48. The molecule has 0 aliphatic carbocycles. The van der Waals surface area contributed by atoms with E-state index in [-0.39, 0.29) is 0 Å². The van der Waals surface area contributed by atoms with Gasteiger partial charge in [-0.25, -0.2) is 0 Å². The van der Waals surface area contributed by atoms with E-state index in [1.807, 2.05) is 36.4 Å². The molecule has 2 rings (SSSR count). The summed E-state index contributed by atoms with van der Waals surface area (Å²) in [6.45, 7) is 0.500. The first-order valence-corrected chi connectivity index (χ1v) is 6.23. The Kier molecular flexibility index (Phi) is 4.79. The largest absolute Gasteiger partial charge is 0.0937 e. The van der Waals surface area contributed by atoms with Crippen LogP contribution in [0.3, 0.4) is 0 Å². The summed E-state index contributed by atoms with van der Waals surface area (Å²) in [5, 5.41) is 3.51. The maximum atomic E-state index is 8.21. The molecule has 0 heterocycles. The molecule has 0 aliphatic heterocycles. The van der Waals surface area contributed by atoms with Crippen molar-refractivity contribution >= 4 is 6.08 Å². The Hall–Kier alpha value is -2.51. The number of benzene rings is 2. The molecule has 0 unspecified atom stereocenters. The fourth-order valence-electron chi connectivity index (χ4n) is 1.91. The molecular weight excluding hydrogens is 234 g/mol. The first-order valence-electron chi connectivity index (χ1n) is 6.23. The smallest absolute Gasteiger partial charge is 0.0292 e. The summed E-state index contributed by atoms with van der Waals surface area (Å²) in [5.41, 5.74) is 11.8. The maximum absolute atomic E-state index is 8.21. The zero-order valence-electron chi connectivity index (χ0n) is 10.6. The number of nitrogens with zero attached hydrogens (tertiary/aromatic N) is 3. The molecule has 94 valence electrons. The number of hydrogen-bond acceptors (Lipinski definition) is 1. The van der Waals surface area contributed by atoms with Gasteiger partial charge in [0.15, 0.2) is 0 Å². The summed E-state index contributed by atoms with van der Waals surface area (Å²) in [5.74, 6) is 0. The van der Waals surface area contributed by atoms with Crippen LogP contribution in [0.15, 0.2) is 65.8 Å². The van der Waals surface area contributed by atoms with Crippen LogP contribution in [-0.4, -0.2) is 6.54 Å². The third-order valence-electron chi connectivity index (χ3n) is 2.80. The molecule has 0 saturated carbocycles. The van der Waals surface area contributed by atoms with Crippen LogP contribution in [0.1, 0.15) is 12.0 Å². The van der Waals surface area contributed by atoms with E-state index in [1.54, 1.807) is 0 Å². The van der Waals surface area contributed by atoms with Gasteiger partial charge < -0.3 is 0 Å². The molecule has 0 radical (unpaired) electrons. The van der Waals surface area contributed by atoms with Crippen molar-refractivity contribution in [1.82, 2.24) is 0 Å². The normalized spacial score (nSPS) is 10.3. The van der Waals surface area contributed by atoms with Gasteiger partial charge in [0.1, 0.15) is 0 Å². The highest BCUT2D eigenvalue weighted by atomic mass is 15.1. The molecular formula is C16H15N3. The summed E-state index contributed by atoms with van der Waals surface area (Å²) in [6, 6.07) is 18.6. The Morgan fingerprint density at radius 2 is 1.74 bits per heavy atom. The summed E-state index contributed by atoms with van der Waals surface area (Å²) in [7, 11) is 0. The molecule has 2 aromatic rings. The lowest BCUT2D eigenvalue weighted by molar-refractivity contribution is 0.996. The molecule has 3 nitrogen and oxygen atoms in total. The minimum absolute atomic E-state index is 0.500. The Balaban J connectivity index is 2.20. The second kappa shape index (κ2) is 7.04. The topological polar surface area (TPSA) is 48.8 Å². The van der Waals surface area contributed by atoms with E-state index in [2.05, 4.69) is 40.4 Å². The quantitative estimate of drug-likeness (QED) is 0.307. The highest BCUT2D eigenvalue weighted by Gasteiger charge is 2.00. The van der Waals surface area contributed by atoms with E-state index in [4.69, 9.17) is 5.53 Å². The molecule has 0 spiro atoms. The van der Waals surface area contributed by atoms with Crippen molar-refractivity contribution in [2.75, 3.05) is 6.54 Å². The lowest BCUT2D eigenvalue weighted by Gasteiger charge is -2.05. The Morgan fingerprint density at radius 1 is 1.00 bits per heavy atom. The van der Waals surface area contributed by atoms with Crippen molar-refractivity contribution in [2.24, 2.45) is 5.11 Å². The van der Waals surface area contributed by atoms with E-state index in [0.717, 1.165) is 6.42 Å². The van der Waals surface area contributed by atoms with Crippen LogP contribution in [-0.2, 0) is 0 Å². The minimum Gasteiger partial charge on any atom is -0.0937 e. The summed E-state index contributed by atoms with van der Waals surface area (Å²) in [4.78, 5) is 2.74. The third kappa shape index (κ3) is 3.73. The highest BCUT2D eigenvalue weighted by Crippen LogP contribution is 2.24. The fraction of sp³-hybridized carbons (Fsp3) is 0.125. The predicted octanol–water partition coefficient (Wildman–Crippen LogP) is 5.07. The van der Waals surface area contributed by atoms with Crippen LogP contribution in [0.5, 0.6) is 0 Å². The SMILES string of the molecule is [N-]=[N+]=NCCC=Cc1ccccc1-c1ccccc1. The van der Waals surface area contributed by atoms with Gasteiger partial charge in [0, 0.05) is 11.5 Å². The van der Waals surface area contributed by atoms with Crippen molar-refractivity contribution in [1.29, 1.82) is 0 Å². The predicted molar refractivity (Wildman–Crippen MR) is 79.5 cm³/mol. The van der Waals surface area contributed by atoms with Crippen molar-refractivity contribution < 1.29 is 0 Å². The second-order valence-electron chi connectivity index (χ2n) is 4.10. The van der Waals surface area contributed by atoms with E-state index >= 15 is 0 Å². The van der Waals surface area contributed by atoms with E-state index in [0.29, 0.717) is 6.54 Å². The van der Waals surface area contributed by atoms with Gasteiger partial charge in [-0.05, 0) is 28.6 Å². The first kappa shape index (κ1) is 12.9. The number of azide groups is 1. The van der Waals surface area contributed by atoms with Crippen LogP contribution in [0.4, 0.5) is 0 Å². The third-order valence-corrected chi connectivity index (χ3v) is 2.80. The molecule has 0 aliphatic rings. The Labute approximate surface area is 112 Å². The second-order valence-corrected chi connectivity index (χ2v) is 4.10. The summed E-state index contributed by atoms with van der Waals surface area (Å²) in [6.07, 6.45) is 4.87. The van der Waals surface area contributed by atoms with Crippen LogP contribution in [0.2, 0.25) is 0 Å². The zero-order valence-corrected chi connectivity index (χ0v) is 10.6. The molecule has 0 amide bonds. The Bertz CT molecular complexity index is 596. The van der Waals surface area contributed by atoms with E-state index in [1.165, 1.54) is 16.7 Å². The van der Waals surface area contributed by atoms with Gasteiger partial charge in [0.25, 0.3) is 0 Å². The molecule has 19 heavy (non-hydrogen) atoms. The molecule has 0 fully saturated rings. The first-order chi connectivity index (χ1) is 9.42. The number of rotatable bonds is 5. The van der Waals surface area contributed by atoms with Crippen molar-refractivity contribution in [2.45, 2.75) is 6.42 Å². The molecule has 0 atom stereocenters. The molecule has 0 bridgehead atoms. The van der Waals surface area contributed by atoms with Gasteiger partial charge in [-0.3, -0.25) is 0 Å². The highest BCUT2D eigenvalue weighted by molar-refractivity contribution is 5.75.